The Kier molecular flexibility index (Phi) is 5.99. The van der Waals surface area contributed by atoms with Gasteiger partial charge in [0, 0.05) is 12.3 Å². The maximum Gasteiger partial charge on any atom is 0.136 e. The first kappa shape index (κ1) is 21.8. The van der Waals surface area contributed by atoms with Crippen molar-refractivity contribution in [2.45, 2.75) is 111 Å². The van der Waals surface area contributed by atoms with Crippen molar-refractivity contribution in [1.29, 1.82) is 0 Å². The largest absolute Gasteiger partial charge is 0.393 e. The van der Waals surface area contributed by atoms with Gasteiger partial charge in [0.2, 0.25) is 0 Å². The second kappa shape index (κ2) is 7.95. The number of rotatable bonds is 5. The second-order valence-corrected chi connectivity index (χ2v) is 12.6. The molecule has 0 amide bonds. The Balaban J connectivity index is 1.51. The van der Waals surface area contributed by atoms with Crippen LogP contribution in [0.2, 0.25) is 0 Å². The number of carbonyl (C=O) groups is 1. The average molecular weight is 403 g/mol. The van der Waals surface area contributed by atoms with E-state index in [0.717, 1.165) is 43.4 Å². The van der Waals surface area contributed by atoms with Gasteiger partial charge in [0.15, 0.2) is 0 Å². The minimum Gasteiger partial charge on any atom is -0.393 e. The van der Waals surface area contributed by atoms with Gasteiger partial charge in [-0.05, 0) is 91.3 Å². The van der Waals surface area contributed by atoms with E-state index in [9.17, 15) is 9.90 Å². The molecule has 1 N–H and O–H groups in total. The lowest BCUT2D eigenvalue weighted by Crippen LogP contribution is -2.57. The van der Waals surface area contributed by atoms with E-state index in [4.69, 9.17) is 0 Å². The third-order valence-electron chi connectivity index (χ3n) is 10.6. The molecule has 166 valence electrons. The minimum absolute atomic E-state index is 0.172. The van der Waals surface area contributed by atoms with Crippen LogP contribution in [0.4, 0.5) is 0 Å². The molecule has 4 aliphatic carbocycles. The normalized spacial score (nSPS) is 48.2. The summed E-state index contributed by atoms with van der Waals surface area (Å²) in [5.41, 5.74) is 0.672. The topological polar surface area (TPSA) is 37.3 Å². The zero-order valence-electron chi connectivity index (χ0n) is 19.8. The van der Waals surface area contributed by atoms with Crippen LogP contribution in [-0.4, -0.2) is 17.0 Å². The molecular formula is C27H46O2. The highest BCUT2D eigenvalue weighted by molar-refractivity contribution is 5.83. The van der Waals surface area contributed by atoms with Gasteiger partial charge in [-0.3, -0.25) is 4.79 Å². The summed E-state index contributed by atoms with van der Waals surface area (Å²) in [6, 6.07) is 0. The fourth-order valence-corrected chi connectivity index (χ4v) is 8.93. The third kappa shape index (κ3) is 3.64. The predicted octanol–water partition coefficient (Wildman–Crippen LogP) is 6.65. The van der Waals surface area contributed by atoms with E-state index in [-0.39, 0.29) is 6.10 Å². The van der Waals surface area contributed by atoms with Crippen molar-refractivity contribution in [3.63, 3.8) is 0 Å². The summed E-state index contributed by atoms with van der Waals surface area (Å²) in [4.78, 5) is 13.5. The molecule has 7 unspecified atom stereocenters. The summed E-state index contributed by atoms with van der Waals surface area (Å²) in [7, 11) is 0. The summed E-state index contributed by atoms with van der Waals surface area (Å²) in [5.74, 6) is 4.93. The number of carbonyl (C=O) groups excluding carboxylic acids is 1. The van der Waals surface area contributed by atoms with Gasteiger partial charge >= 0.3 is 0 Å². The van der Waals surface area contributed by atoms with Gasteiger partial charge < -0.3 is 5.11 Å². The van der Waals surface area contributed by atoms with Crippen molar-refractivity contribution in [3.8, 4) is 0 Å². The van der Waals surface area contributed by atoms with E-state index in [0.29, 0.717) is 40.3 Å². The van der Waals surface area contributed by atoms with E-state index >= 15 is 0 Å². The predicted molar refractivity (Wildman–Crippen MR) is 119 cm³/mol. The molecule has 0 radical (unpaired) electrons. The van der Waals surface area contributed by atoms with Gasteiger partial charge in [0.05, 0.1) is 6.10 Å². The van der Waals surface area contributed by atoms with Crippen LogP contribution in [0.5, 0.6) is 0 Å². The Morgan fingerprint density at radius 3 is 2.38 bits per heavy atom. The van der Waals surface area contributed by atoms with Crippen molar-refractivity contribution in [3.05, 3.63) is 0 Å². The fourth-order valence-electron chi connectivity index (χ4n) is 8.93. The molecule has 0 aromatic rings. The molecule has 2 heteroatoms. The van der Waals surface area contributed by atoms with Gasteiger partial charge in [-0.25, -0.2) is 0 Å². The summed E-state index contributed by atoms with van der Waals surface area (Å²) >= 11 is 0. The molecule has 2 nitrogen and oxygen atoms in total. The molecule has 0 aromatic carbocycles. The number of aliphatic hydroxyl groups is 1. The van der Waals surface area contributed by atoms with Crippen LogP contribution in [0.3, 0.4) is 0 Å². The van der Waals surface area contributed by atoms with Crippen molar-refractivity contribution in [2.75, 3.05) is 0 Å². The van der Waals surface area contributed by atoms with Crippen LogP contribution in [0, 0.1) is 52.3 Å². The smallest absolute Gasteiger partial charge is 0.136 e. The molecule has 4 fully saturated rings. The molecule has 4 rings (SSSR count). The number of fused-ring (bicyclic) bond motifs is 5. The first-order valence-corrected chi connectivity index (χ1v) is 12.9. The van der Waals surface area contributed by atoms with Crippen LogP contribution in [-0.2, 0) is 4.79 Å². The van der Waals surface area contributed by atoms with Gasteiger partial charge in [-0.15, -0.1) is 0 Å². The SMILES string of the molecule is CC(C)CCC[C@@H](C)C1CCC2C3C(=O)C[C@H]4CC(O)CCC4(C)C3CCC21C. The lowest BCUT2D eigenvalue weighted by atomic mass is 9.44. The van der Waals surface area contributed by atoms with Crippen molar-refractivity contribution < 1.29 is 9.90 Å². The second-order valence-electron chi connectivity index (χ2n) is 12.6. The summed E-state index contributed by atoms with van der Waals surface area (Å²) < 4.78 is 0. The summed E-state index contributed by atoms with van der Waals surface area (Å²) in [6.45, 7) is 12.2. The molecule has 0 bridgehead atoms. The van der Waals surface area contributed by atoms with Gasteiger partial charge in [0.25, 0.3) is 0 Å². The molecule has 4 aliphatic rings. The molecule has 4 saturated carbocycles. The molecule has 29 heavy (non-hydrogen) atoms. The molecule has 0 aromatic heterocycles. The number of hydrogen-bond acceptors (Lipinski definition) is 2. The standard InChI is InChI=1S/C27H46O2/c1-17(2)7-6-8-18(3)21-9-10-22-25-23(12-14-27(21,22)5)26(4)13-11-20(28)15-19(26)16-24(25)29/h17-23,25,28H,6-16H2,1-5H3/t18-,19-,20?,21?,22?,23?,25?,26?,27?/m1/s1. The van der Waals surface area contributed by atoms with E-state index in [1.54, 1.807) is 0 Å². The average Bonchev–Trinajstić information content (AvgIpc) is 3.00. The van der Waals surface area contributed by atoms with E-state index in [1.807, 2.05) is 0 Å². The number of hydrogen-bond donors (Lipinski definition) is 1. The van der Waals surface area contributed by atoms with E-state index in [1.165, 1.54) is 44.9 Å². The third-order valence-corrected chi connectivity index (χ3v) is 10.6. The molecule has 9 atom stereocenters. The number of aliphatic hydroxyl groups excluding tert-OH is 1. The maximum atomic E-state index is 13.5. The van der Waals surface area contributed by atoms with Crippen LogP contribution in [0.15, 0.2) is 0 Å². The van der Waals surface area contributed by atoms with Gasteiger partial charge in [0.1, 0.15) is 5.78 Å². The molecule has 0 aliphatic heterocycles. The zero-order chi connectivity index (χ0) is 21.0. The van der Waals surface area contributed by atoms with Crippen LogP contribution >= 0.6 is 0 Å². The fraction of sp³-hybridized carbons (Fsp3) is 0.963. The Bertz CT molecular complexity index is 612. The lowest BCUT2D eigenvalue weighted by Gasteiger charge is -2.60. The molecule has 0 saturated heterocycles. The van der Waals surface area contributed by atoms with Gasteiger partial charge in [-0.2, -0.15) is 0 Å². The number of Topliss-reactive ketones (excluding diaryl/α,β-unsaturated/α-hetero) is 1. The Hall–Kier alpha value is -0.370. The van der Waals surface area contributed by atoms with E-state index < -0.39 is 0 Å². The minimum atomic E-state index is -0.172. The van der Waals surface area contributed by atoms with E-state index in [2.05, 4.69) is 34.6 Å². The maximum absolute atomic E-state index is 13.5. The van der Waals surface area contributed by atoms with Gasteiger partial charge in [-0.1, -0.05) is 53.9 Å². The van der Waals surface area contributed by atoms with Crippen LogP contribution in [0.1, 0.15) is 105 Å². The lowest BCUT2D eigenvalue weighted by molar-refractivity contribution is -0.160. The highest BCUT2D eigenvalue weighted by Gasteiger charge is 2.62. The highest BCUT2D eigenvalue weighted by atomic mass is 16.3. The highest BCUT2D eigenvalue weighted by Crippen LogP contribution is 2.67. The van der Waals surface area contributed by atoms with Crippen molar-refractivity contribution in [1.82, 2.24) is 0 Å². The van der Waals surface area contributed by atoms with Crippen molar-refractivity contribution >= 4 is 5.78 Å². The number of ketones is 1. The first-order valence-electron chi connectivity index (χ1n) is 12.9. The first-order chi connectivity index (χ1) is 13.7. The van der Waals surface area contributed by atoms with Crippen molar-refractivity contribution in [2.24, 2.45) is 52.3 Å². The summed E-state index contributed by atoms with van der Waals surface area (Å²) in [6.07, 6.45) is 12.8. The van der Waals surface area contributed by atoms with Crippen LogP contribution < -0.4 is 0 Å². The summed E-state index contributed by atoms with van der Waals surface area (Å²) in [5, 5.41) is 10.2. The quantitative estimate of drug-likeness (QED) is 0.559. The monoisotopic (exact) mass is 402 g/mol. The zero-order valence-corrected chi connectivity index (χ0v) is 19.8. The Morgan fingerprint density at radius 1 is 0.966 bits per heavy atom. The molecular weight excluding hydrogens is 356 g/mol. The molecule has 0 heterocycles. The Labute approximate surface area is 179 Å². The molecule has 0 spiro atoms. The van der Waals surface area contributed by atoms with Crippen LogP contribution in [0.25, 0.3) is 0 Å². The Morgan fingerprint density at radius 2 is 1.66 bits per heavy atom.